The first-order valence-electron chi connectivity index (χ1n) is 8.20. The molecule has 0 aromatic heterocycles. The van der Waals surface area contributed by atoms with Crippen LogP contribution in [0.25, 0.3) is 0 Å². The standard InChI is InChI=1S/C17H24ClN3O2.2ClH/c18-15-3-1-14(2-4-15)13-20-7-9-21(10-8-20)16(22)17(19)5-11-23-12-6-17;;/h1-4H,5-13,19H2;2*1H. The smallest absolute Gasteiger partial charge is 0.242 e. The lowest BCUT2D eigenvalue weighted by Gasteiger charge is -2.41. The van der Waals surface area contributed by atoms with Crippen LogP contribution in [0.3, 0.4) is 0 Å². The van der Waals surface area contributed by atoms with Crippen molar-refractivity contribution in [3.05, 3.63) is 34.9 Å². The Labute approximate surface area is 166 Å². The van der Waals surface area contributed by atoms with E-state index in [0.717, 1.165) is 37.7 Å². The lowest BCUT2D eigenvalue weighted by molar-refractivity contribution is -0.142. The molecule has 1 aromatic carbocycles. The topological polar surface area (TPSA) is 58.8 Å². The average Bonchev–Trinajstić information content (AvgIpc) is 2.58. The average molecular weight is 411 g/mol. The van der Waals surface area contributed by atoms with Crippen LogP contribution < -0.4 is 5.73 Å². The van der Waals surface area contributed by atoms with Gasteiger partial charge in [0, 0.05) is 51.0 Å². The third-order valence-electron chi connectivity index (χ3n) is 4.79. The summed E-state index contributed by atoms with van der Waals surface area (Å²) in [5, 5.41) is 0.758. The van der Waals surface area contributed by atoms with E-state index in [1.54, 1.807) is 0 Å². The van der Waals surface area contributed by atoms with Crippen molar-refractivity contribution in [2.75, 3.05) is 39.4 Å². The zero-order valence-electron chi connectivity index (χ0n) is 14.2. The molecule has 142 valence electrons. The Bertz CT molecular complexity index is 543. The Morgan fingerprint density at radius 2 is 1.64 bits per heavy atom. The second-order valence-electron chi connectivity index (χ2n) is 6.46. The first-order valence-corrected chi connectivity index (χ1v) is 8.57. The van der Waals surface area contributed by atoms with Crippen LogP contribution in [0.1, 0.15) is 18.4 Å². The second kappa shape index (κ2) is 9.95. The van der Waals surface area contributed by atoms with Crippen molar-refractivity contribution in [2.45, 2.75) is 24.9 Å². The molecule has 8 heteroatoms. The van der Waals surface area contributed by atoms with E-state index < -0.39 is 5.54 Å². The monoisotopic (exact) mass is 409 g/mol. The highest BCUT2D eigenvalue weighted by Crippen LogP contribution is 2.21. The molecule has 0 unspecified atom stereocenters. The molecule has 2 saturated heterocycles. The van der Waals surface area contributed by atoms with E-state index >= 15 is 0 Å². The molecule has 0 aliphatic carbocycles. The zero-order valence-corrected chi connectivity index (χ0v) is 16.5. The number of nitrogens with two attached hydrogens (primary N) is 1. The van der Waals surface area contributed by atoms with Gasteiger partial charge in [0.25, 0.3) is 0 Å². The minimum Gasteiger partial charge on any atom is -0.381 e. The van der Waals surface area contributed by atoms with Gasteiger partial charge in [-0.25, -0.2) is 0 Å². The number of hydrogen-bond acceptors (Lipinski definition) is 4. The molecule has 2 fully saturated rings. The highest BCUT2D eigenvalue weighted by molar-refractivity contribution is 6.30. The van der Waals surface area contributed by atoms with Crippen LogP contribution in [0.4, 0.5) is 0 Å². The molecular weight excluding hydrogens is 385 g/mol. The molecule has 2 aliphatic rings. The number of ether oxygens (including phenoxy) is 1. The molecule has 0 bridgehead atoms. The summed E-state index contributed by atoms with van der Waals surface area (Å²) in [6.45, 7) is 5.29. The molecule has 5 nitrogen and oxygen atoms in total. The number of amides is 1. The van der Waals surface area contributed by atoms with Crippen molar-refractivity contribution < 1.29 is 9.53 Å². The quantitative estimate of drug-likeness (QED) is 0.831. The molecule has 25 heavy (non-hydrogen) atoms. The van der Waals surface area contributed by atoms with Gasteiger partial charge in [-0.15, -0.1) is 24.8 Å². The number of nitrogens with zero attached hydrogens (tertiary/aromatic N) is 2. The first-order chi connectivity index (χ1) is 11.1. The normalized spacial score (nSPS) is 20.3. The molecule has 1 aromatic rings. The number of hydrogen-bond donors (Lipinski definition) is 1. The summed E-state index contributed by atoms with van der Waals surface area (Å²) < 4.78 is 5.33. The van der Waals surface area contributed by atoms with Crippen molar-refractivity contribution in [1.82, 2.24) is 9.80 Å². The fourth-order valence-electron chi connectivity index (χ4n) is 3.22. The van der Waals surface area contributed by atoms with Gasteiger partial charge in [0.05, 0.1) is 5.54 Å². The summed E-state index contributed by atoms with van der Waals surface area (Å²) in [5.41, 5.74) is 6.83. The molecule has 0 radical (unpaired) electrons. The summed E-state index contributed by atoms with van der Waals surface area (Å²) >= 11 is 5.92. The van der Waals surface area contributed by atoms with Crippen molar-refractivity contribution in [3.63, 3.8) is 0 Å². The van der Waals surface area contributed by atoms with Crippen LogP contribution in [0.15, 0.2) is 24.3 Å². The summed E-state index contributed by atoms with van der Waals surface area (Å²) in [7, 11) is 0. The molecule has 1 amide bonds. The van der Waals surface area contributed by atoms with E-state index in [2.05, 4.69) is 17.0 Å². The van der Waals surface area contributed by atoms with Crippen molar-refractivity contribution >= 4 is 42.3 Å². The highest BCUT2D eigenvalue weighted by Gasteiger charge is 2.39. The third-order valence-corrected chi connectivity index (χ3v) is 5.04. The predicted octanol–water partition coefficient (Wildman–Crippen LogP) is 2.34. The van der Waals surface area contributed by atoms with Gasteiger partial charge in [-0.05, 0) is 30.5 Å². The maximum atomic E-state index is 12.7. The molecule has 2 heterocycles. The number of benzene rings is 1. The fourth-order valence-corrected chi connectivity index (χ4v) is 3.35. The first kappa shape index (κ1) is 22.5. The van der Waals surface area contributed by atoms with Gasteiger partial charge in [0.1, 0.15) is 0 Å². The SMILES string of the molecule is Cl.Cl.NC1(C(=O)N2CCN(Cc3ccc(Cl)cc3)CC2)CCOCC1. The maximum Gasteiger partial charge on any atom is 0.242 e. The molecule has 0 spiro atoms. The van der Waals surface area contributed by atoms with Crippen LogP contribution in [0.2, 0.25) is 5.02 Å². The largest absolute Gasteiger partial charge is 0.381 e. The molecule has 3 rings (SSSR count). The van der Waals surface area contributed by atoms with Gasteiger partial charge >= 0.3 is 0 Å². The lowest BCUT2D eigenvalue weighted by atomic mass is 9.89. The van der Waals surface area contributed by atoms with Gasteiger partial charge in [-0.2, -0.15) is 0 Å². The summed E-state index contributed by atoms with van der Waals surface area (Å²) in [4.78, 5) is 17.0. The number of carbonyl (C=O) groups excluding carboxylic acids is 1. The van der Waals surface area contributed by atoms with E-state index in [4.69, 9.17) is 22.1 Å². The van der Waals surface area contributed by atoms with Crippen LogP contribution in [-0.2, 0) is 16.1 Å². The second-order valence-corrected chi connectivity index (χ2v) is 6.90. The molecule has 0 atom stereocenters. The number of piperazine rings is 1. The van der Waals surface area contributed by atoms with Gasteiger partial charge < -0.3 is 15.4 Å². The van der Waals surface area contributed by atoms with E-state index in [9.17, 15) is 4.79 Å². The summed E-state index contributed by atoms with van der Waals surface area (Å²) in [6, 6.07) is 7.94. The van der Waals surface area contributed by atoms with Crippen LogP contribution in [0.5, 0.6) is 0 Å². The predicted molar refractivity (Wildman–Crippen MR) is 105 cm³/mol. The Hall–Kier alpha value is -0.560. The third kappa shape index (κ3) is 5.71. The minimum atomic E-state index is -0.726. The van der Waals surface area contributed by atoms with Crippen LogP contribution >= 0.6 is 36.4 Å². The lowest BCUT2D eigenvalue weighted by Crippen LogP contribution is -2.61. The number of rotatable bonds is 3. The molecule has 2 aliphatic heterocycles. The zero-order chi connectivity index (χ0) is 16.3. The summed E-state index contributed by atoms with van der Waals surface area (Å²) in [6.07, 6.45) is 1.24. The van der Waals surface area contributed by atoms with E-state index in [1.807, 2.05) is 17.0 Å². The molecule has 2 N–H and O–H groups in total. The Morgan fingerprint density at radius 3 is 2.20 bits per heavy atom. The van der Waals surface area contributed by atoms with Crippen molar-refractivity contribution in [2.24, 2.45) is 5.73 Å². The van der Waals surface area contributed by atoms with Gasteiger partial charge in [0.2, 0.25) is 5.91 Å². The summed E-state index contributed by atoms with van der Waals surface area (Å²) in [5.74, 6) is 0.0898. The van der Waals surface area contributed by atoms with Crippen LogP contribution in [0, 0.1) is 0 Å². The number of carbonyl (C=O) groups is 1. The van der Waals surface area contributed by atoms with Gasteiger partial charge in [-0.1, -0.05) is 23.7 Å². The number of halogens is 3. The highest BCUT2D eigenvalue weighted by atomic mass is 35.5. The maximum absolute atomic E-state index is 12.7. The van der Waals surface area contributed by atoms with E-state index in [0.29, 0.717) is 26.1 Å². The Balaban J connectivity index is 0.00000156. The van der Waals surface area contributed by atoms with E-state index in [-0.39, 0.29) is 30.7 Å². The van der Waals surface area contributed by atoms with Crippen molar-refractivity contribution in [3.8, 4) is 0 Å². The molecular formula is C17H26Cl3N3O2. The Kier molecular flexibility index (Phi) is 8.95. The van der Waals surface area contributed by atoms with Gasteiger partial charge in [-0.3, -0.25) is 9.69 Å². The fraction of sp³-hybridized carbons (Fsp3) is 0.588. The van der Waals surface area contributed by atoms with Crippen LogP contribution in [-0.4, -0.2) is 60.6 Å². The minimum absolute atomic E-state index is 0. The molecule has 0 saturated carbocycles. The van der Waals surface area contributed by atoms with Gasteiger partial charge in [0.15, 0.2) is 0 Å². The van der Waals surface area contributed by atoms with Crippen molar-refractivity contribution in [1.29, 1.82) is 0 Å². The van der Waals surface area contributed by atoms with E-state index in [1.165, 1.54) is 5.56 Å². The Morgan fingerprint density at radius 1 is 1.08 bits per heavy atom.